The molecule has 0 bridgehead atoms. The van der Waals surface area contributed by atoms with Crippen LogP contribution in [0.4, 0.5) is 0 Å². The fourth-order valence-corrected chi connectivity index (χ4v) is 0.875. The zero-order valence-corrected chi connectivity index (χ0v) is 7.82. The van der Waals surface area contributed by atoms with Gasteiger partial charge < -0.3 is 0 Å². The Kier molecular flexibility index (Phi) is 6.50. The van der Waals surface area contributed by atoms with Crippen molar-refractivity contribution in [2.45, 2.75) is 26.7 Å². The molecule has 0 saturated heterocycles. The first-order chi connectivity index (χ1) is 4.27. The molecule has 0 atom stereocenters. The topological polar surface area (TPSA) is 0 Å². The van der Waals surface area contributed by atoms with Crippen LogP contribution in [0.5, 0.6) is 0 Å². The molecule has 0 aliphatic rings. The Hall–Kier alpha value is 0.220. The lowest BCUT2D eigenvalue weighted by Gasteiger charge is -1.97. The van der Waals surface area contributed by atoms with Crippen LogP contribution in [0.2, 0.25) is 0 Å². The van der Waals surface area contributed by atoms with E-state index in [-0.39, 0.29) is 0 Å². The van der Waals surface area contributed by atoms with Gasteiger partial charge in [0.05, 0.1) is 0 Å². The second-order valence-corrected chi connectivity index (χ2v) is 3.24. The molecule has 0 aromatic carbocycles. The minimum absolute atomic E-state index is 0.838. The van der Waals surface area contributed by atoms with Gasteiger partial charge in [0.1, 0.15) is 0 Å². The average Bonchev–Trinajstić information content (AvgIpc) is 1.80. The van der Waals surface area contributed by atoms with Gasteiger partial charge in [0.25, 0.3) is 0 Å². The van der Waals surface area contributed by atoms with E-state index in [9.17, 15) is 0 Å². The summed E-state index contributed by atoms with van der Waals surface area (Å²) in [6.45, 7) is 4.50. The van der Waals surface area contributed by atoms with Crippen LogP contribution >= 0.6 is 15.9 Å². The highest BCUT2D eigenvalue weighted by Crippen LogP contribution is 2.03. The second-order valence-electron chi connectivity index (χ2n) is 2.60. The van der Waals surface area contributed by atoms with Crippen LogP contribution in [0.1, 0.15) is 26.7 Å². The van der Waals surface area contributed by atoms with E-state index in [1.165, 1.54) is 12.8 Å². The molecule has 9 heavy (non-hydrogen) atoms. The maximum Gasteiger partial charge on any atom is 0.0212 e. The van der Waals surface area contributed by atoms with Crippen molar-refractivity contribution < 1.29 is 0 Å². The first-order valence-electron chi connectivity index (χ1n) is 3.48. The molecule has 0 amide bonds. The Bertz CT molecular complexity index is 74.6. The van der Waals surface area contributed by atoms with Gasteiger partial charge in [-0.3, -0.25) is 0 Å². The molecule has 0 N–H and O–H groups in total. The van der Waals surface area contributed by atoms with Gasteiger partial charge in [0, 0.05) is 5.33 Å². The minimum atomic E-state index is 0.838. The molecule has 0 aromatic heterocycles. The third kappa shape index (κ3) is 8.22. The normalized spacial score (nSPS) is 11.6. The third-order valence-corrected chi connectivity index (χ3v) is 1.54. The summed E-state index contributed by atoms with van der Waals surface area (Å²) in [4.78, 5) is 0. The quantitative estimate of drug-likeness (QED) is 0.472. The number of alkyl halides is 1. The molecule has 0 saturated carbocycles. The Morgan fingerprint density at radius 3 is 2.44 bits per heavy atom. The highest BCUT2D eigenvalue weighted by atomic mass is 79.9. The molecule has 1 heteroatoms. The molecule has 0 aromatic rings. The van der Waals surface area contributed by atoms with Crippen LogP contribution in [-0.4, -0.2) is 5.33 Å². The van der Waals surface area contributed by atoms with E-state index in [0.29, 0.717) is 0 Å². The van der Waals surface area contributed by atoms with Crippen LogP contribution in [0, 0.1) is 5.92 Å². The molecule has 0 rings (SSSR count). The summed E-state index contributed by atoms with van der Waals surface area (Å²) in [5.74, 6) is 0.838. The average molecular weight is 191 g/mol. The summed E-state index contributed by atoms with van der Waals surface area (Å²) in [7, 11) is 0. The smallest absolute Gasteiger partial charge is 0.0212 e. The van der Waals surface area contributed by atoms with Crippen LogP contribution < -0.4 is 0 Å². The summed E-state index contributed by atoms with van der Waals surface area (Å²) in [6, 6.07) is 0. The molecular weight excluding hydrogens is 176 g/mol. The monoisotopic (exact) mass is 190 g/mol. The number of rotatable bonds is 4. The number of halogens is 1. The summed E-state index contributed by atoms with van der Waals surface area (Å²) >= 11 is 3.33. The zero-order chi connectivity index (χ0) is 7.11. The van der Waals surface area contributed by atoms with E-state index in [2.05, 4.69) is 41.9 Å². The fourth-order valence-electron chi connectivity index (χ4n) is 0.610. The fraction of sp³-hybridized carbons (Fsp3) is 0.750. The van der Waals surface area contributed by atoms with E-state index < -0.39 is 0 Å². The maximum atomic E-state index is 3.33. The van der Waals surface area contributed by atoms with Crippen LogP contribution in [0.3, 0.4) is 0 Å². The van der Waals surface area contributed by atoms with E-state index in [4.69, 9.17) is 0 Å². The number of hydrogen-bond donors (Lipinski definition) is 0. The molecule has 0 radical (unpaired) electrons. The second kappa shape index (κ2) is 6.34. The van der Waals surface area contributed by atoms with Crippen molar-refractivity contribution in [1.82, 2.24) is 0 Å². The predicted octanol–water partition coefficient (Wildman–Crippen LogP) is 3.37. The Morgan fingerprint density at radius 1 is 1.33 bits per heavy atom. The van der Waals surface area contributed by atoms with E-state index in [0.717, 1.165) is 11.2 Å². The van der Waals surface area contributed by atoms with E-state index in [1.807, 2.05) is 0 Å². The van der Waals surface area contributed by atoms with Gasteiger partial charge in [-0.25, -0.2) is 0 Å². The molecule has 54 valence electrons. The van der Waals surface area contributed by atoms with Gasteiger partial charge in [-0.1, -0.05) is 41.9 Å². The minimum Gasteiger partial charge on any atom is -0.0883 e. The van der Waals surface area contributed by atoms with E-state index >= 15 is 0 Å². The largest absolute Gasteiger partial charge is 0.0883 e. The standard InChI is InChI=1S/C8H15Br/c1-8(2)6-4-3-5-7-9/h3,5,8H,4,6-7H2,1-2H3. The van der Waals surface area contributed by atoms with Crippen molar-refractivity contribution in [1.29, 1.82) is 0 Å². The first-order valence-corrected chi connectivity index (χ1v) is 4.60. The van der Waals surface area contributed by atoms with Crippen molar-refractivity contribution >= 4 is 15.9 Å². The molecular formula is C8H15Br. The van der Waals surface area contributed by atoms with Crippen molar-refractivity contribution in [3.05, 3.63) is 12.2 Å². The summed E-state index contributed by atoms with van der Waals surface area (Å²) in [6.07, 6.45) is 6.92. The van der Waals surface area contributed by atoms with Gasteiger partial charge >= 0.3 is 0 Å². The third-order valence-electron chi connectivity index (χ3n) is 1.17. The Balaban J connectivity index is 2.99. The first kappa shape index (κ1) is 9.22. The van der Waals surface area contributed by atoms with Crippen molar-refractivity contribution in [3.63, 3.8) is 0 Å². The van der Waals surface area contributed by atoms with E-state index in [1.54, 1.807) is 0 Å². The van der Waals surface area contributed by atoms with Crippen molar-refractivity contribution in [2.75, 3.05) is 5.33 Å². The summed E-state index contributed by atoms with van der Waals surface area (Å²) < 4.78 is 0. The zero-order valence-electron chi connectivity index (χ0n) is 6.23. The highest BCUT2D eigenvalue weighted by molar-refractivity contribution is 9.09. The van der Waals surface area contributed by atoms with Crippen LogP contribution in [0.15, 0.2) is 12.2 Å². The molecule has 0 unspecified atom stereocenters. The summed E-state index contributed by atoms with van der Waals surface area (Å²) in [5.41, 5.74) is 0. The lowest BCUT2D eigenvalue weighted by atomic mass is 10.1. The van der Waals surface area contributed by atoms with Gasteiger partial charge in [-0.2, -0.15) is 0 Å². The van der Waals surface area contributed by atoms with Gasteiger partial charge in [0.15, 0.2) is 0 Å². The lowest BCUT2D eigenvalue weighted by molar-refractivity contribution is 0.594. The Morgan fingerprint density at radius 2 is 2.00 bits per heavy atom. The van der Waals surface area contributed by atoms with Crippen molar-refractivity contribution in [2.24, 2.45) is 5.92 Å². The molecule has 0 spiro atoms. The lowest BCUT2D eigenvalue weighted by Crippen LogP contribution is -1.83. The van der Waals surface area contributed by atoms with Crippen molar-refractivity contribution in [3.8, 4) is 0 Å². The van der Waals surface area contributed by atoms with Gasteiger partial charge in [-0.15, -0.1) is 0 Å². The highest BCUT2D eigenvalue weighted by Gasteiger charge is 1.88. The number of hydrogen-bond acceptors (Lipinski definition) is 0. The molecule has 0 nitrogen and oxygen atoms in total. The Labute approximate surface area is 66.5 Å². The van der Waals surface area contributed by atoms with Gasteiger partial charge in [0.2, 0.25) is 0 Å². The SMILES string of the molecule is CC(C)CCC=CCBr. The van der Waals surface area contributed by atoms with Crippen LogP contribution in [0.25, 0.3) is 0 Å². The molecule has 0 heterocycles. The molecule has 0 aliphatic carbocycles. The summed E-state index contributed by atoms with van der Waals surface area (Å²) in [5, 5.41) is 0.991. The predicted molar refractivity (Wildman–Crippen MR) is 47.0 cm³/mol. The van der Waals surface area contributed by atoms with Crippen LogP contribution in [-0.2, 0) is 0 Å². The number of allylic oxidation sites excluding steroid dienone is 2. The van der Waals surface area contributed by atoms with Gasteiger partial charge in [-0.05, 0) is 18.8 Å². The maximum absolute atomic E-state index is 3.33. The molecule has 0 fully saturated rings. The molecule has 0 aliphatic heterocycles.